The lowest BCUT2D eigenvalue weighted by Crippen LogP contribution is -2.33. The Bertz CT molecular complexity index is 1350. The van der Waals surface area contributed by atoms with E-state index in [-0.39, 0.29) is 17.9 Å². The lowest BCUT2D eigenvalue weighted by atomic mass is 9.96. The van der Waals surface area contributed by atoms with Crippen LogP contribution in [0.4, 0.5) is 13.2 Å². The molecule has 0 saturated heterocycles. The molecular weight excluding hydrogens is 461 g/mol. The van der Waals surface area contributed by atoms with E-state index in [1.165, 1.54) is 13.0 Å². The molecule has 0 saturated carbocycles. The Morgan fingerprint density at radius 1 is 1.11 bits per heavy atom. The third-order valence-electron chi connectivity index (χ3n) is 5.58. The van der Waals surface area contributed by atoms with Crippen LogP contribution >= 0.6 is 0 Å². The van der Waals surface area contributed by atoms with Crippen LogP contribution in [0.1, 0.15) is 18.1 Å². The fourth-order valence-electron chi connectivity index (χ4n) is 3.69. The highest BCUT2D eigenvalue weighted by molar-refractivity contribution is 5.82. The van der Waals surface area contributed by atoms with Crippen molar-refractivity contribution >= 4 is 17.1 Å². The van der Waals surface area contributed by atoms with Gasteiger partial charge in [0.05, 0.1) is 0 Å². The number of alkyl halides is 3. The van der Waals surface area contributed by atoms with Gasteiger partial charge in [-0.2, -0.15) is 13.2 Å². The van der Waals surface area contributed by atoms with E-state index >= 15 is 0 Å². The predicted molar refractivity (Wildman–Crippen MR) is 125 cm³/mol. The van der Waals surface area contributed by atoms with Gasteiger partial charge < -0.3 is 19.6 Å². The Kier molecular flexibility index (Phi) is 6.79. The molecule has 2 N–H and O–H groups in total. The summed E-state index contributed by atoms with van der Waals surface area (Å²) in [4.78, 5) is 15.7. The average molecular weight is 484 g/mol. The highest BCUT2D eigenvalue weighted by Gasteiger charge is 2.29. The van der Waals surface area contributed by atoms with Gasteiger partial charge in [0.2, 0.25) is 5.89 Å². The van der Waals surface area contributed by atoms with Gasteiger partial charge in [0.15, 0.2) is 12.2 Å². The molecule has 0 bridgehead atoms. The van der Waals surface area contributed by atoms with E-state index in [4.69, 9.17) is 14.3 Å². The van der Waals surface area contributed by atoms with Crippen LogP contribution in [0.5, 0.6) is 5.75 Å². The van der Waals surface area contributed by atoms with Crippen LogP contribution in [0.15, 0.2) is 65.1 Å². The number of carboxylic acid groups (broad SMARTS) is 1. The quantitative estimate of drug-likeness (QED) is 0.320. The highest BCUT2D eigenvalue weighted by Crippen LogP contribution is 2.35. The number of halogens is 3. The van der Waals surface area contributed by atoms with Crippen molar-refractivity contribution in [2.45, 2.75) is 32.6 Å². The van der Waals surface area contributed by atoms with Crippen molar-refractivity contribution < 1.29 is 32.2 Å². The first-order chi connectivity index (χ1) is 16.6. The summed E-state index contributed by atoms with van der Waals surface area (Å²) in [5.41, 5.74) is 4.75. The molecule has 0 aliphatic rings. The lowest BCUT2D eigenvalue weighted by Gasteiger charge is -2.15. The van der Waals surface area contributed by atoms with Gasteiger partial charge in [-0.05, 0) is 42.7 Å². The van der Waals surface area contributed by atoms with E-state index in [2.05, 4.69) is 10.3 Å². The number of nitrogens with zero attached hydrogens (tertiary/aromatic N) is 1. The number of carbonyl (C=O) groups is 1. The van der Waals surface area contributed by atoms with Gasteiger partial charge in [-0.1, -0.05) is 42.5 Å². The van der Waals surface area contributed by atoms with E-state index in [0.29, 0.717) is 17.0 Å². The Morgan fingerprint density at radius 3 is 2.51 bits per heavy atom. The number of fused-ring (bicyclic) bond motifs is 1. The number of benzene rings is 3. The normalized spacial score (nSPS) is 12.6. The molecule has 0 fully saturated rings. The predicted octanol–water partition coefficient (Wildman–Crippen LogP) is 5.97. The van der Waals surface area contributed by atoms with Crippen LogP contribution in [-0.4, -0.2) is 34.9 Å². The molecule has 0 amide bonds. The first kappa shape index (κ1) is 24.3. The van der Waals surface area contributed by atoms with Crippen molar-refractivity contribution in [3.63, 3.8) is 0 Å². The number of aliphatic carboxylic acids is 1. The van der Waals surface area contributed by atoms with Gasteiger partial charge in [-0.3, -0.25) is 4.79 Å². The summed E-state index contributed by atoms with van der Waals surface area (Å²) in [7, 11) is 0. The van der Waals surface area contributed by atoms with Gasteiger partial charge >= 0.3 is 12.1 Å². The van der Waals surface area contributed by atoms with Crippen molar-refractivity contribution in [1.82, 2.24) is 10.3 Å². The second-order valence-corrected chi connectivity index (χ2v) is 8.14. The van der Waals surface area contributed by atoms with Crippen LogP contribution in [0, 0.1) is 6.92 Å². The largest absolute Gasteiger partial charge is 0.484 e. The van der Waals surface area contributed by atoms with Gasteiger partial charge in [0.1, 0.15) is 17.3 Å². The topological polar surface area (TPSA) is 84.6 Å². The van der Waals surface area contributed by atoms with Crippen LogP contribution in [0.2, 0.25) is 0 Å². The third-order valence-corrected chi connectivity index (χ3v) is 5.58. The number of aromatic nitrogens is 1. The van der Waals surface area contributed by atoms with Crippen molar-refractivity contribution in [3.05, 3.63) is 71.8 Å². The molecule has 1 heterocycles. The van der Waals surface area contributed by atoms with E-state index < -0.39 is 24.8 Å². The number of rotatable bonds is 8. The van der Waals surface area contributed by atoms with Crippen molar-refractivity contribution in [3.8, 4) is 28.3 Å². The van der Waals surface area contributed by atoms with E-state index in [1.54, 1.807) is 6.07 Å². The summed E-state index contributed by atoms with van der Waals surface area (Å²) in [6.07, 6.45) is -4.53. The molecule has 1 unspecified atom stereocenters. The number of nitrogens with one attached hydrogen (secondary N) is 1. The van der Waals surface area contributed by atoms with E-state index in [1.807, 2.05) is 55.5 Å². The first-order valence-electron chi connectivity index (χ1n) is 10.9. The van der Waals surface area contributed by atoms with Crippen molar-refractivity contribution in [2.75, 3.05) is 6.61 Å². The molecule has 0 radical (unpaired) electrons. The minimum atomic E-state index is -4.53. The Hall–Kier alpha value is -3.85. The summed E-state index contributed by atoms with van der Waals surface area (Å²) < 4.78 is 49.3. The zero-order chi connectivity index (χ0) is 25.2. The maximum atomic E-state index is 12.8. The zero-order valence-electron chi connectivity index (χ0n) is 19.0. The smallest absolute Gasteiger partial charge is 0.422 e. The molecule has 9 heteroatoms. The Labute approximate surface area is 199 Å². The molecule has 0 aliphatic heterocycles. The molecule has 35 heavy (non-hydrogen) atoms. The fraction of sp³-hybridized carbons (Fsp3) is 0.231. The maximum absolute atomic E-state index is 12.8. The summed E-state index contributed by atoms with van der Waals surface area (Å²) in [5, 5.41) is 11.9. The monoisotopic (exact) mass is 484 g/mol. The van der Waals surface area contributed by atoms with E-state index in [0.717, 1.165) is 22.3 Å². The van der Waals surface area contributed by atoms with Gasteiger partial charge in [-0.15, -0.1) is 0 Å². The second kappa shape index (κ2) is 9.79. The standard InChI is InChI=1S/C26H23F3N2O4/c1-15-19(17-7-4-3-5-8-17)9-6-10-20(15)24-31-21-11-18(13-30-16(2)25(32)33)22(12-23(21)35-24)34-14-26(27,28)29/h3-12,16,30H,13-14H2,1-2H3,(H,32,33). The second-order valence-electron chi connectivity index (χ2n) is 8.14. The maximum Gasteiger partial charge on any atom is 0.422 e. The number of ether oxygens (including phenoxy) is 1. The Balaban J connectivity index is 1.73. The van der Waals surface area contributed by atoms with Crippen LogP contribution < -0.4 is 10.1 Å². The molecule has 4 rings (SSSR count). The summed E-state index contributed by atoms with van der Waals surface area (Å²) in [6.45, 7) is 1.88. The molecular formula is C26H23F3N2O4. The summed E-state index contributed by atoms with van der Waals surface area (Å²) >= 11 is 0. The SMILES string of the molecule is Cc1c(-c2ccccc2)cccc1-c1nc2cc(CNC(C)C(=O)O)c(OCC(F)(F)F)cc2o1. The zero-order valence-corrected chi connectivity index (χ0v) is 19.0. The average Bonchev–Trinajstić information content (AvgIpc) is 3.23. The van der Waals surface area contributed by atoms with Crippen LogP contribution in [0.3, 0.4) is 0 Å². The number of oxazole rings is 1. The van der Waals surface area contributed by atoms with Gasteiger partial charge in [0.25, 0.3) is 0 Å². The Morgan fingerprint density at radius 2 is 1.83 bits per heavy atom. The molecule has 4 aromatic rings. The molecule has 1 aromatic heterocycles. The molecule has 1 atom stereocenters. The van der Waals surface area contributed by atoms with Gasteiger partial charge in [0, 0.05) is 23.7 Å². The van der Waals surface area contributed by atoms with Crippen LogP contribution in [0.25, 0.3) is 33.7 Å². The fourth-order valence-corrected chi connectivity index (χ4v) is 3.69. The van der Waals surface area contributed by atoms with Crippen molar-refractivity contribution in [1.29, 1.82) is 0 Å². The molecule has 6 nitrogen and oxygen atoms in total. The molecule has 0 spiro atoms. The summed E-state index contributed by atoms with van der Waals surface area (Å²) in [5.74, 6) is -0.820. The molecule has 182 valence electrons. The van der Waals surface area contributed by atoms with Crippen LogP contribution in [-0.2, 0) is 11.3 Å². The molecule has 3 aromatic carbocycles. The van der Waals surface area contributed by atoms with E-state index in [9.17, 15) is 18.0 Å². The lowest BCUT2D eigenvalue weighted by molar-refractivity contribution is -0.153. The number of carboxylic acids is 1. The minimum absolute atomic E-state index is 0.0265. The highest BCUT2D eigenvalue weighted by atomic mass is 19.4. The molecule has 0 aliphatic carbocycles. The first-order valence-corrected chi connectivity index (χ1v) is 10.9. The number of hydrogen-bond donors (Lipinski definition) is 2. The number of hydrogen-bond acceptors (Lipinski definition) is 5. The third kappa shape index (κ3) is 5.63. The minimum Gasteiger partial charge on any atom is -0.484 e. The van der Waals surface area contributed by atoms with Gasteiger partial charge in [-0.25, -0.2) is 4.98 Å². The van der Waals surface area contributed by atoms with Crippen molar-refractivity contribution in [2.24, 2.45) is 0 Å². The summed E-state index contributed by atoms with van der Waals surface area (Å²) in [6, 6.07) is 17.6.